The van der Waals surface area contributed by atoms with Crippen molar-refractivity contribution in [2.75, 3.05) is 0 Å². The van der Waals surface area contributed by atoms with Gasteiger partial charge in [0.15, 0.2) is 5.82 Å². The molecule has 2 rings (SSSR count). The summed E-state index contributed by atoms with van der Waals surface area (Å²) in [4.78, 5) is 15.2. The van der Waals surface area contributed by atoms with Crippen molar-refractivity contribution in [3.05, 3.63) is 11.7 Å². The van der Waals surface area contributed by atoms with Gasteiger partial charge in [0.25, 0.3) is 0 Å². The summed E-state index contributed by atoms with van der Waals surface area (Å²) in [6.45, 7) is 0.544. The number of nitrogens with one attached hydrogen (secondary N) is 1. The first kappa shape index (κ1) is 9.14. The SMILES string of the molecule is NCc1noc(CNC(=O)C2CC2)n1. The molecule has 0 aromatic carbocycles. The molecule has 1 heterocycles. The minimum atomic E-state index is 0.0671. The monoisotopic (exact) mass is 196 g/mol. The predicted molar refractivity (Wildman–Crippen MR) is 46.8 cm³/mol. The van der Waals surface area contributed by atoms with Crippen LogP contribution in [0.1, 0.15) is 24.6 Å². The maximum Gasteiger partial charge on any atom is 0.246 e. The number of nitrogens with zero attached hydrogens (tertiary/aromatic N) is 2. The molecule has 1 aliphatic rings. The van der Waals surface area contributed by atoms with Gasteiger partial charge in [-0.1, -0.05) is 5.16 Å². The van der Waals surface area contributed by atoms with Crippen LogP contribution in [0.5, 0.6) is 0 Å². The summed E-state index contributed by atoms with van der Waals surface area (Å²) < 4.78 is 4.85. The first-order valence-electron chi connectivity index (χ1n) is 4.59. The number of rotatable bonds is 4. The highest BCUT2D eigenvalue weighted by Gasteiger charge is 2.29. The van der Waals surface area contributed by atoms with Crippen LogP contribution in [-0.4, -0.2) is 16.0 Å². The van der Waals surface area contributed by atoms with Crippen molar-refractivity contribution in [2.45, 2.75) is 25.9 Å². The highest BCUT2D eigenvalue weighted by Crippen LogP contribution is 2.28. The van der Waals surface area contributed by atoms with E-state index in [4.69, 9.17) is 10.3 Å². The Morgan fingerprint density at radius 1 is 1.64 bits per heavy atom. The van der Waals surface area contributed by atoms with Crippen molar-refractivity contribution in [1.82, 2.24) is 15.5 Å². The fourth-order valence-electron chi connectivity index (χ4n) is 1.10. The van der Waals surface area contributed by atoms with Gasteiger partial charge in [0, 0.05) is 5.92 Å². The lowest BCUT2D eigenvalue weighted by Crippen LogP contribution is -2.24. The molecule has 6 heteroatoms. The first-order chi connectivity index (χ1) is 6.79. The van der Waals surface area contributed by atoms with Crippen LogP contribution in [0.2, 0.25) is 0 Å². The van der Waals surface area contributed by atoms with E-state index in [1.807, 2.05) is 0 Å². The van der Waals surface area contributed by atoms with Crippen molar-refractivity contribution in [3.8, 4) is 0 Å². The van der Waals surface area contributed by atoms with E-state index in [0.717, 1.165) is 12.8 Å². The summed E-state index contributed by atoms with van der Waals surface area (Å²) in [5, 5.41) is 6.33. The Hall–Kier alpha value is -1.43. The molecule has 0 atom stereocenters. The summed E-state index contributed by atoms with van der Waals surface area (Å²) in [6.07, 6.45) is 1.98. The van der Waals surface area contributed by atoms with Gasteiger partial charge in [-0.05, 0) is 12.8 Å². The zero-order chi connectivity index (χ0) is 9.97. The van der Waals surface area contributed by atoms with Gasteiger partial charge >= 0.3 is 0 Å². The highest BCUT2D eigenvalue weighted by molar-refractivity contribution is 5.80. The Morgan fingerprint density at radius 2 is 2.43 bits per heavy atom. The Kier molecular flexibility index (Phi) is 2.45. The van der Waals surface area contributed by atoms with E-state index in [-0.39, 0.29) is 18.4 Å². The minimum Gasteiger partial charge on any atom is -0.347 e. The smallest absolute Gasteiger partial charge is 0.246 e. The minimum absolute atomic E-state index is 0.0671. The molecule has 1 saturated carbocycles. The number of carbonyl (C=O) groups excluding carboxylic acids is 1. The summed E-state index contributed by atoms with van der Waals surface area (Å²) >= 11 is 0. The zero-order valence-electron chi connectivity index (χ0n) is 7.69. The second-order valence-corrected chi connectivity index (χ2v) is 3.30. The molecule has 1 aliphatic carbocycles. The molecule has 0 aliphatic heterocycles. The maximum absolute atomic E-state index is 11.2. The fraction of sp³-hybridized carbons (Fsp3) is 0.625. The third kappa shape index (κ3) is 2.08. The van der Waals surface area contributed by atoms with Crippen LogP contribution >= 0.6 is 0 Å². The van der Waals surface area contributed by atoms with Gasteiger partial charge in [0.2, 0.25) is 11.8 Å². The third-order valence-electron chi connectivity index (χ3n) is 2.05. The second kappa shape index (κ2) is 3.75. The van der Waals surface area contributed by atoms with Crippen LogP contribution in [0.15, 0.2) is 4.52 Å². The molecular formula is C8H12N4O2. The zero-order valence-corrected chi connectivity index (χ0v) is 7.69. The number of hydrogen-bond acceptors (Lipinski definition) is 5. The van der Waals surface area contributed by atoms with E-state index in [9.17, 15) is 4.79 Å². The van der Waals surface area contributed by atoms with Gasteiger partial charge in [-0.2, -0.15) is 4.98 Å². The molecule has 1 fully saturated rings. The number of amides is 1. The van der Waals surface area contributed by atoms with Crippen LogP contribution in [0, 0.1) is 5.92 Å². The molecule has 1 aromatic heterocycles. The average Bonchev–Trinajstić information content (AvgIpc) is 2.94. The van der Waals surface area contributed by atoms with Crippen LogP contribution < -0.4 is 11.1 Å². The van der Waals surface area contributed by atoms with Gasteiger partial charge in [0.05, 0.1) is 13.1 Å². The molecule has 0 saturated heterocycles. The first-order valence-corrected chi connectivity index (χ1v) is 4.59. The predicted octanol–water partition coefficient (Wildman–Crippen LogP) is -0.446. The molecule has 0 radical (unpaired) electrons. The molecule has 3 N–H and O–H groups in total. The molecule has 14 heavy (non-hydrogen) atoms. The molecule has 76 valence electrons. The fourth-order valence-corrected chi connectivity index (χ4v) is 1.10. The lowest BCUT2D eigenvalue weighted by atomic mass is 10.4. The summed E-state index contributed by atoms with van der Waals surface area (Å²) in [5.41, 5.74) is 5.30. The van der Waals surface area contributed by atoms with Crippen molar-refractivity contribution in [3.63, 3.8) is 0 Å². The highest BCUT2D eigenvalue weighted by atomic mass is 16.5. The normalized spacial score (nSPS) is 15.5. The lowest BCUT2D eigenvalue weighted by molar-refractivity contribution is -0.122. The summed E-state index contributed by atoms with van der Waals surface area (Å²) in [6, 6.07) is 0. The van der Waals surface area contributed by atoms with Gasteiger partial charge in [0.1, 0.15) is 0 Å². The van der Waals surface area contributed by atoms with Crippen LogP contribution in [-0.2, 0) is 17.9 Å². The Balaban J connectivity index is 1.81. The van der Waals surface area contributed by atoms with E-state index in [0.29, 0.717) is 18.3 Å². The van der Waals surface area contributed by atoms with Crippen molar-refractivity contribution < 1.29 is 9.32 Å². The van der Waals surface area contributed by atoms with Crippen LogP contribution in [0.4, 0.5) is 0 Å². The Bertz CT molecular complexity index is 332. The Labute approximate surface area is 80.9 Å². The molecule has 1 aromatic rings. The van der Waals surface area contributed by atoms with Gasteiger partial charge < -0.3 is 15.6 Å². The van der Waals surface area contributed by atoms with Gasteiger partial charge in [-0.15, -0.1) is 0 Å². The molecule has 0 bridgehead atoms. The van der Waals surface area contributed by atoms with Gasteiger partial charge in [-0.25, -0.2) is 0 Å². The number of aromatic nitrogens is 2. The van der Waals surface area contributed by atoms with E-state index >= 15 is 0 Å². The van der Waals surface area contributed by atoms with Crippen molar-refractivity contribution >= 4 is 5.91 Å². The van der Waals surface area contributed by atoms with Crippen molar-refractivity contribution in [1.29, 1.82) is 0 Å². The molecule has 6 nitrogen and oxygen atoms in total. The van der Waals surface area contributed by atoms with E-state index in [1.165, 1.54) is 0 Å². The molecule has 0 unspecified atom stereocenters. The van der Waals surface area contributed by atoms with E-state index in [1.54, 1.807) is 0 Å². The Morgan fingerprint density at radius 3 is 3.00 bits per heavy atom. The molecule has 0 spiro atoms. The molecule has 1 amide bonds. The summed E-state index contributed by atoms with van der Waals surface area (Å²) in [5.74, 6) is 1.13. The number of carbonyl (C=O) groups is 1. The lowest BCUT2D eigenvalue weighted by Gasteiger charge is -1.98. The van der Waals surface area contributed by atoms with E-state index in [2.05, 4.69) is 15.5 Å². The second-order valence-electron chi connectivity index (χ2n) is 3.30. The summed E-state index contributed by atoms with van der Waals surface area (Å²) in [7, 11) is 0. The molecular weight excluding hydrogens is 184 g/mol. The standard InChI is InChI=1S/C8H12N4O2/c9-3-6-11-7(14-12-6)4-10-8(13)5-1-2-5/h5H,1-4,9H2,(H,10,13). The maximum atomic E-state index is 11.2. The third-order valence-corrected chi connectivity index (χ3v) is 2.05. The van der Waals surface area contributed by atoms with E-state index < -0.39 is 0 Å². The van der Waals surface area contributed by atoms with Gasteiger partial charge in [-0.3, -0.25) is 4.79 Å². The van der Waals surface area contributed by atoms with Crippen LogP contribution in [0.3, 0.4) is 0 Å². The number of nitrogens with two attached hydrogens (primary N) is 1. The number of hydrogen-bond donors (Lipinski definition) is 2. The average molecular weight is 196 g/mol. The van der Waals surface area contributed by atoms with Crippen molar-refractivity contribution in [2.24, 2.45) is 11.7 Å². The van der Waals surface area contributed by atoms with Crippen LogP contribution in [0.25, 0.3) is 0 Å². The largest absolute Gasteiger partial charge is 0.347 e. The quantitative estimate of drug-likeness (QED) is 0.680. The topological polar surface area (TPSA) is 94.0 Å².